The number of nitrogens with zero attached hydrogens (tertiary/aromatic N) is 6. The van der Waals surface area contributed by atoms with Crippen LogP contribution < -0.4 is 10.7 Å². The molecule has 1 heterocycles. The largest absolute Gasteiger partial charge is 0.481 e. The van der Waals surface area contributed by atoms with Gasteiger partial charge >= 0.3 is 5.97 Å². The van der Waals surface area contributed by atoms with Gasteiger partial charge in [-0.3, -0.25) is 34.2 Å². The number of carboxylic acids is 1. The molecule has 0 radical (unpaired) electrons. The highest BCUT2D eigenvalue weighted by Gasteiger charge is 2.26. The van der Waals surface area contributed by atoms with Gasteiger partial charge in [0.25, 0.3) is 0 Å². The molecular formula is C37H60N8O10. The summed E-state index contributed by atoms with van der Waals surface area (Å²) in [6.45, 7) is 2.27. The summed E-state index contributed by atoms with van der Waals surface area (Å²) >= 11 is 0. The number of carboxylic acid groups (broad SMARTS) is 1. The lowest BCUT2D eigenvalue weighted by Crippen LogP contribution is -2.51. The number of aliphatic carboxylic acids is 1. The van der Waals surface area contributed by atoms with Crippen LogP contribution in [0.4, 0.5) is 0 Å². The van der Waals surface area contributed by atoms with Crippen molar-refractivity contribution < 1.29 is 48.1 Å². The van der Waals surface area contributed by atoms with Crippen LogP contribution in [0.3, 0.4) is 0 Å². The summed E-state index contributed by atoms with van der Waals surface area (Å²) in [5.41, 5.74) is 5.10. The second-order valence-electron chi connectivity index (χ2n) is 13.1. The van der Waals surface area contributed by atoms with Crippen molar-refractivity contribution >= 4 is 46.4 Å². The number of rotatable bonds is 27. The molecule has 3 N–H and O–H groups in total. The summed E-state index contributed by atoms with van der Waals surface area (Å²) in [4.78, 5) is 82.8. The standard InChI is InChI=1S/C37H60N8O10/c1-28(22-37(51)52)41(4)33(47)13-14-42(16-19-53-5)35(49)26-44(18-21-55-7)36(50)27-43(17-20-54-6)34(48)24-39-32(46)12-15-45-30(25-40(3)38-2)23-29-10-8-9-11-31(29)45/h8-11,23,28,38H,12-22,24-27H2,1-7H3,(H,39,46)(H,51,52)/t28-/m0/s1. The summed E-state index contributed by atoms with van der Waals surface area (Å²) in [5.74, 6) is -3.17. The number of amides is 5. The molecule has 1 atom stereocenters. The molecule has 0 aliphatic carbocycles. The van der Waals surface area contributed by atoms with Crippen LogP contribution in [-0.2, 0) is 56.1 Å². The maximum atomic E-state index is 13.7. The van der Waals surface area contributed by atoms with Crippen LogP contribution in [0.2, 0.25) is 0 Å². The number of benzene rings is 1. The molecule has 1 aromatic carbocycles. The van der Waals surface area contributed by atoms with Gasteiger partial charge in [0.05, 0.1) is 52.4 Å². The molecule has 0 aliphatic rings. The Morgan fingerprint density at radius 2 is 1.35 bits per heavy atom. The zero-order valence-corrected chi connectivity index (χ0v) is 33.4. The van der Waals surface area contributed by atoms with E-state index in [-0.39, 0.29) is 96.7 Å². The Labute approximate surface area is 323 Å². The first kappa shape index (κ1) is 46.5. The topological polar surface area (TPSA) is 196 Å². The molecule has 5 amide bonds. The first-order chi connectivity index (χ1) is 26.3. The first-order valence-corrected chi connectivity index (χ1v) is 18.3. The zero-order valence-electron chi connectivity index (χ0n) is 33.4. The molecule has 0 saturated heterocycles. The summed E-state index contributed by atoms with van der Waals surface area (Å²) < 4.78 is 17.6. The lowest BCUT2D eigenvalue weighted by molar-refractivity contribution is -0.145. The number of nitrogens with one attached hydrogen (secondary N) is 2. The van der Waals surface area contributed by atoms with Gasteiger partial charge in [0.1, 0.15) is 0 Å². The Bertz CT molecular complexity index is 1550. The highest BCUT2D eigenvalue weighted by Crippen LogP contribution is 2.21. The lowest BCUT2D eigenvalue weighted by atomic mass is 10.2. The molecule has 2 aromatic rings. The van der Waals surface area contributed by atoms with Crippen molar-refractivity contribution in [1.29, 1.82) is 0 Å². The first-order valence-electron chi connectivity index (χ1n) is 18.3. The number of aromatic nitrogens is 1. The Morgan fingerprint density at radius 1 is 0.782 bits per heavy atom. The van der Waals surface area contributed by atoms with E-state index in [1.54, 1.807) is 6.92 Å². The van der Waals surface area contributed by atoms with Gasteiger partial charge in [-0.2, -0.15) is 0 Å². The Balaban J connectivity index is 2.08. The van der Waals surface area contributed by atoms with E-state index in [1.807, 2.05) is 43.4 Å². The van der Waals surface area contributed by atoms with Gasteiger partial charge in [0.2, 0.25) is 29.5 Å². The number of para-hydroxylation sites is 1. The van der Waals surface area contributed by atoms with E-state index >= 15 is 0 Å². The van der Waals surface area contributed by atoms with Crippen molar-refractivity contribution in [3.63, 3.8) is 0 Å². The highest BCUT2D eigenvalue weighted by atomic mass is 16.5. The Kier molecular flexibility index (Phi) is 20.9. The lowest BCUT2D eigenvalue weighted by Gasteiger charge is -2.30. The molecule has 0 unspecified atom stereocenters. The normalized spacial score (nSPS) is 11.7. The van der Waals surface area contributed by atoms with E-state index in [9.17, 15) is 28.8 Å². The number of fused-ring (bicyclic) bond motifs is 1. The molecular weight excluding hydrogens is 716 g/mol. The SMILES string of the molecule is CNN(C)Cc1cc2ccccc2n1CCC(=O)NCC(=O)N(CCOC)CC(=O)N(CCOC)CC(=O)N(CCOC)CCC(=O)N(C)[C@@H](C)CC(=O)O. The van der Waals surface area contributed by atoms with Gasteiger partial charge in [0.15, 0.2) is 0 Å². The van der Waals surface area contributed by atoms with Crippen LogP contribution in [0, 0.1) is 0 Å². The number of carbonyl (C=O) groups is 6. The molecule has 308 valence electrons. The fourth-order valence-corrected chi connectivity index (χ4v) is 5.69. The molecule has 0 saturated carbocycles. The predicted octanol–water partition coefficient (Wildman–Crippen LogP) is -0.149. The average molecular weight is 777 g/mol. The average Bonchev–Trinajstić information content (AvgIpc) is 3.51. The van der Waals surface area contributed by atoms with E-state index in [2.05, 4.69) is 21.4 Å². The molecule has 0 spiro atoms. The third-order valence-corrected chi connectivity index (χ3v) is 9.20. The summed E-state index contributed by atoms with van der Waals surface area (Å²) in [7, 11) is 9.67. The van der Waals surface area contributed by atoms with Crippen LogP contribution in [0.5, 0.6) is 0 Å². The quantitative estimate of drug-likeness (QED) is 0.102. The Hall–Kier alpha value is -4.62. The van der Waals surface area contributed by atoms with Crippen LogP contribution >= 0.6 is 0 Å². The number of hydrazine groups is 1. The maximum absolute atomic E-state index is 13.7. The third-order valence-electron chi connectivity index (χ3n) is 9.20. The number of hydrogen-bond donors (Lipinski definition) is 3. The zero-order chi connectivity index (χ0) is 40.9. The van der Waals surface area contributed by atoms with Crippen LogP contribution in [0.1, 0.15) is 31.9 Å². The fraction of sp³-hybridized carbons (Fsp3) is 0.622. The van der Waals surface area contributed by atoms with Crippen molar-refractivity contribution in [2.24, 2.45) is 0 Å². The minimum absolute atomic E-state index is 0.0183. The predicted molar refractivity (Wildman–Crippen MR) is 205 cm³/mol. The van der Waals surface area contributed by atoms with E-state index in [0.29, 0.717) is 13.1 Å². The molecule has 0 fully saturated rings. The van der Waals surface area contributed by atoms with Gasteiger partial charge < -0.3 is 48.8 Å². The van der Waals surface area contributed by atoms with Crippen molar-refractivity contribution in [3.05, 3.63) is 36.0 Å². The molecule has 0 bridgehead atoms. The van der Waals surface area contributed by atoms with Gasteiger partial charge in [-0.05, 0) is 31.5 Å². The third kappa shape index (κ3) is 15.9. The van der Waals surface area contributed by atoms with Gasteiger partial charge in [-0.25, -0.2) is 5.01 Å². The highest BCUT2D eigenvalue weighted by molar-refractivity contribution is 5.90. The second kappa shape index (κ2) is 24.7. The van der Waals surface area contributed by atoms with Crippen LogP contribution in [-0.4, -0.2) is 184 Å². The fourth-order valence-electron chi connectivity index (χ4n) is 5.69. The smallest absolute Gasteiger partial charge is 0.305 e. The van der Waals surface area contributed by atoms with E-state index < -0.39 is 29.7 Å². The maximum Gasteiger partial charge on any atom is 0.305 e. The van der Waals surface area contributed by atoms with E-state index in [4.69, 9.17) is 19.3 Å². The van der Waals surface area contributed by atoms with Gasteiger partial charge in [-0.1, -0.05) is 18.2 Å². The van der Waals surface area contributed by atoms with E-state index in [0.717, 1.165) is 16.6 Å². The number of carbonyl (C=O) groups excluding carboxylic acids is 5. The minimum Gasteiger partial charge on any atom is -0.481 e. The van der Waals surface area contributed by atoms with Gasteiger partial charge in [-0.15, -0.1) is 0 Å². The molecule has 1 aromatic heterocycles. The monoisotopic (exact) mass is 776 g/mol. The minimum atomic E-state index is -1.03. The summed E-state index contributed by atoms with van der Waals surface area (Å²) in [6, 6.07) is 9.47. The Morgan fingerprint density at radius 3 is 1.93 bits per heavy atom. The van der Waals surface area contributed by atoms with Crippen LogP contribution in [0.15, 0.2) is 30.3 Å². The summed E-state index contributed by atoms with van der Waals surface area (Å²) in [6.07, 6.45) is -0.164. The molecule has 0 aliphatic heterocycles. The van der Waals surface area contributed by atoms with Crippen molar-refractivity contribution in [1.82, 2.24) is 39.9 Å². The van der Waals surface area contributed by atoms with Gasteiger partial charge in [0, 0.05) is 98.2 Å². The second-order valence-corrected chi connectivity index (χ2v) is 13.1. The summed E-state index contributed by atoms with van der Waals surface area (Å²) in [5, 5.41) is 14.8. The van der Waals surface area contributed by atoms with E-state index in [1.165, 1.54) is 48.0 Å². The molecule has 18 heteroatoms. The van der Waals surface area contributed by atoms with Crippen molar-refractivity contribution in [2.45, 2.75) is 45.3 Å². The van der Waals surface area contributed by atoms with Crippen molar-refractivity contribution in [3.8, 4) is 0 Å². The molecule has 18 nitrogen and oxygen atoms in total. The number of methoxy groups -OCH3 is 3. The number of aryl methyl sites for hydroxylation is 1. The van der Waals surface area contributed by atoms with Crippen molar-refractivity contribution in [2.75, 3.05) is 108 Å². The number of hydrogen-bond acceptors (Lipinski definition) is 11. The molecule has 2 rings (SSSR count). The van der Waals surface area contributed by atoms with Crippen LogP contribution in [0.25, 0.3) is 10.9 Å². The molecule has 55 heavy (non-hydrogen) atoms. The number of ether oxygens (including phenoxy) is 3.